The van der Waals surface area contributed by atoms with Crippen LogP contribution in [-0.4, -0.2) is 32.1 Å². The number of benzene rings is 3. The van der Waals surface area contributed by atoms with Crippen molar-refractivity contribution in [1.82, 2.24) is 4.57 Å². The van der Waals surface area contributed by atoms with E-state index in [1.807, 2.05) is 29.7 Å². The Morgan fingerprint density at radius 3 is 2.66 bits per heavy atom. The van der Waals surface area contributed by atoms with Crippen molar-refractivity contribution in [3.63, 3.8) is 0 Å². The predicted octanol–water partition coefficient (Wildman–Crippen LogP) is 5.18. The van der Waals surface area contributed by atoms with Gasteiger partial charge in [-0.05, 0) is 67.6 Å². The van der Waals surface area contributed by atoms with Gasteiger partial charge in [-0.1, -0.05) is 33.3 Å². The molecule has 182 valence electrons. The lowest BCUT2D eigenvalue weighted by atomic mass is 10.2. The summed E-state index contributed by atoms with van der Waals surface area (Å²) in [7, 11) is -3.95. The second-order valence-corrected chi connectivity index (χ2v) is 11.0. The van der Waals surface area contributed by atoms with Crippen LogP contribution in [0.15, 0.2) is 81.1 Å². The largest absolute Gasteiger partial charge is 0.380 e. The molecule has 0 saturated carbocycles. The van der Waals surface area contributed by atoms with Crippen LogP contribution in [0.25, 0.3) is 10.2 Å². The minimum atomic E-state index is -3.95. The minimum absolute atomic E-state index is 0.0907. The highest BCUT2D eigenvalue weighted by atomic mass is 79.9. The maximum atomic E-state index is 13.2. The lowest BCUT2D eigenvalue weighted by molar-refractivity contribution is 0.0996. The molecule has 7 nitrogen and oxygen atoms in total. The number of rotatable bonds is 8. The van der Waals surface area contributed by atoms with Crippen molar-refractivity contribution in [2.45, 2.75) is 18.4 Å². The molecule has 0 unspecified atom stereocenters. The van der Waals surface area contributed by atoms with Gasteiger partial charge in [0.25, 0.3) is 15.9 Å². The highest BCUT2D eigenvalue weighted by Crippen LogP contribution is 2.23. The van der Waals surface area contributed by atoms with E-state index in [1.165, 1.54) is 35.6 Å². The maximum absolute atomic E-state index is 13.2. The van der Waals surface area contributed by atoms with Crippen molar-refractivity contribution in [2.75, 3.05) is 17.9 Å². The Morgan fingerprint density at radius 1 is 1.14 bits per heavy atom. The van der Waals surface area contributed by atoms with Crippen LogP contribution in [0.5, 0.6) is 0 Å². The molecule has 0 atom stereocenters. The average molecular weight is 578 g/mol. The molecule has 3 aromatic carbocycles. The summed E-state index contributed by atoms with van der Waals surface area (Å²) < 4.78 is 50.1. The summed E-state index contributed by atoms with van der Waals surface area (Å²) in [5.74, 6) is -1.05. The predicted molar refractivity (Wildman–Crippen MR) is 138 cm³/mol. The van der Waals surface area contributed by atoms with E-state index in [9.17, 15) is 17.6 Å². The highest BCUT2D eigenvalue weighted by molar-refractivity contribution is 9.10. The van der Waals surface area contributed by atoms with Crippen LogP contribution in [0.4, 0.5) is 10.1 Å². The fraction of sp³-hybridized carbons (Fsp3) is 0.167. The maximum Gasteiger partial charge on any atom is 0.279 e. The molecule has 0 aliphatic carbocycles. The van der Waals surface area contributed by atoms with Crippen LogP contribution >= 0.6 is 27.3 Å². The molecular weight excluding hydrogens is 557 g/mol. The summed E-state index contributed by atoms with van der Waals surface area (Å²) in [5, 5.41) is 0. The third-order valence-corrected chi connectivity index (χ3v) is 7.92. The van der Waals surface area contributed by atoms with Crippen molar-refractivity contribution in [3.05, 3.63) is 87.4 Å². The van der Waals surface area contributed by atoms with Gasteiger partial charge in [-0.3, -0.25) is 9.52 Å². The second kappa shape index (κ2) is 10.8. The molecule has 0 aliphatic rings. The molecule has 4 rings (SSSR count). The van der Waals surface area contributed by atoms with E-state index in [0.29, 0.717) is 24.6 Å². The van der Waals surface area contributed by atoms with Crippen molar-refractivity contribution < 1.29 is 22.3 Å². The molecule has 1 N–H and O–H groups in total. The number of hydrogen-bond acceptors (Lipinski definition) is 5. The van der Waals surface area contributed by atoms with Crippen LogP contribution in [0.1, 0.15) is 17.3 Å². The number of ether oxygens (including phenoxy) is 1. The van der Waals surface area contributed by atoms with E-state index in [2.05, 4.69) is 25.6 Å². The van der Waals surface area contributed by atoms with Gasteiger partial charge >= 0.3 is 0 Å². The number of thiazole rings is 1. The van der Waals surface area contributed by atoms with Crippen LogP contribution in [0, 0.1) is 5.82 Å². The van der Waals surface area contributed by atoms with Gasteiger partial charge in [-0.15, -0.1) is 0 Å². The Morgan fingerprint density at radius 2 is 1.91 bits per heavy atom. The molecule has 35 heavy (non-hydrogen) atoms. The van der Waals surface area contributed by atoms with Gasteiger partial charge < -0.3 is 9.30 Å². The van der Waals surface area contributed by atoms with Crippen LogP contribution in [0.3, 0.4) is 0 Å². The standard InChI is InChI=1S/C24H21BrFN3O4S2/c1-2-33-13-12-29-21-11-6-17(25)15-22(21)34-24(29)27-23(30)16-4-3-5-19(14-16)28-35(31,32)20-9-7-18(26)8-10-20/h3-11,14-15,28H,2,12-13H2,1H3. The summed E-state index contributed by atoms with van der Waals surface area (Å²) in [4.78, 5) is 17.8. The molecule has 0 radical (unpaired) electrons. The number of carbonyl (C=O) groups excluding carboxylic acids is 1. The van der Waals surface area contributed by atoms with Crippen molar-refractivity contribution >= 4 is 59.1 Å². The van der Waals surface area contributed by atoms with E-state index in [0.717, 1.165) is 26.8 Å². The van der Waals surface area contributed by atoms with E-state index in [-0.39, 0.29) is 16.1 Å². The third-order valence-electron chi connectivity index (χ3n) is 4.99. The first-order valence-corrected chi connectivity index (χ1v) is 13.7. The van der Waals surface area contributed by atoms with Crippen molar-refractivity contribution in [2.24, 2.45) is 4.99 Å². The quantitative estimate of drug-likeness (QED) is 0.292. The first-order valence-electron chi connectivity index (χ1n) is 10.6. The van der Waals surface area contributed by atoms with Gasteiger partial charge in [-0.2, -0.15) is 4.99 Å². The van der Waals surface area contributed by atoms with Gasteiger partial charge in [0.15, 0.2) is 4.80 Å². The number of hydrogen-bond donors (Lipinski definition) is 1. The molecule has 11 heteroatoms. The SMILES string of the molecule is CCOCCn1c(=NC(=O)c2cccc(NS(=O)(=O)c3ccc(F)cc3)c2)sc2cc(Br)ccc21. The zero-order valence-electron chi connectivity index (χ0n) is 18.6. The summed E-state index contributed by atoms with van der Waals surface area (Å²) in [5.41, 5.74) is 1.35. The Balaban J connectivity index is 1.65. The zero-order valence-corrected chi connectivity index (χ0v) is 21.8. The second-order valence-electron chi connectivity index (χ2n) is 7.40. The average Bonchev–Trinajstić information content (AvgIpc) is 3.15. The molecular formula is C24H21BrFN3O4S2. The molecule has 1 heterocycles. The number of nitrogens with one attached hydrogen (secondary N) is 1. The Kier molecular flexibility index (Phi) is 7.80. The number of nitrogens with zero attached hydrogens (tertiary/aromatic N) is 2. The van der Waals surface area contributed by atoms with Crippen molar-refractivity contribution in [3.8, 4) is 0 Å². The number of sulfonamides is 1. The summed E-state index contributed by atoms with van der Waals surface area (Å²) in [6.07, 6.45) is 0. The normalized spacial score (nSPS) is 12.3. The van der Waals surface area contributed by atoms with Gasteiger partial charge in [0.2, 0.25) is 0 Å². The first kappa shape index (κ1) is 25.2. The number of fused-ring (bicyclic) bond motifs is 1. The lowest BCUT2D eigenvalue weighted by Gasteiger charge is -2.09. The van der Waals surface area contributed by atoms with Crippen LogP contribution in [0.2, 0.25) is 0 Å². The van der Waals surface area contributed by atoms with E-state index < -0.39 is 21.7 Å². The minimum Gasteiger partial charge on any atom is -0.380 e. The van der Waals surface area contributed by atoms with Crippen LogP contribution in [-0.2, 0) is 21.3 Å². The van der Waals surface area contributed by atoms with E-state index in [1.54, 1.807) is 12.1 Å². The van der Waals surface area contributed by atoms with Crippen molar-refractivity contribution in [1.29, 1.82) is 0 Å². The smallest absolute Gasteiger partial charge is 0.279 e. The van der Waals surface area contributed by atoms with Gasteiger partial charge in [-0.25, -0.2) is 12.8 Å². The third kappa shape index (κ3) is 6.04. The summed E-state index contributed by atoms with van der Waals surface area (Å²) in [6, 6.07) is 16.4. The van der Waals surface area contributed by atoms with Crippen LogP contribution < -0.4 is 9.52 Å². The Labute approximate surface area is 214 Å². The Hall–Kier alpha value is -2.86. The molecule has 1 aromatic heterocycles. The monoisotopic (exact) mass is 577 g/mol. The number of carbonyl (C=O) groups is 1. The number of halogens is 2. The number of anilines is 1. The fourth-order valence-electron chi connectivity index (χ4n) is 3.34. The molecule has 1 amide bonds. The molecule has 0 spiro atoms. The molecule has 0 fully saturated rings. The molecule has 0 bridgehead atoms. The number of aromatic nitrogens is 1. The first-order chi connectivity index (χ1) is 16.8. The topological polar surface area (TPSA) is 89.8 Å². The molecule has 0 aliphatic heterocycles. The lowest BCUT2D eigenvalue weighted by Crippen LogP contribution is -2.20. The highest BCUT2D eigenvalue weighted by Gasteiger charge is 2.16. The van der Waals surface area contributed by atoms with Gasteiger partial charge in [0.1, 0.15) is 5.82 Å². The molecule has 4 aromatic rings. The van der Waals surface area contributed by atoms with Gasteiger partial charge in [0.05, 0.1) is 21.7 Å². The number of amides is 1. The zero-order chi connectivity index (χ0) is 25.0. The van der Waals surface area contributed by atoms with E-state index in [4.69, 9.17) is 4.74 Å². The molecule has 0 saturated heterocycles. The fourth-order valence-corrected chi connectivity index (χ4v) is 6.00. The summed E-state index contributed by atoms with van der Waals surface area (Å²) in [6.45, 7) is 3.50. The Bertz CT molecular complexity index is 1550. The summed E-state index contributed by atoms with van der Waals surface area (Å²) >= 11 is 4.85. The van der Waals surface area contributed by atoms with Gasteiger partial charge in [0, 0.05) is 28.9 Å². The van der Waals surface area contributed by atoms with E-state index >= 15 is 0 Å².